The van der Waals surface area contributed by atoms with Gasteiger partial charge in [0, 0.05) is 13.0 Å². The van der Waals surface area contributed by atoms with Crippen LogP contribution in [-0.2, 0) is 9.53 Å². The Balaban J connectivity index is 3.14. The maximum absolute atomic E-state index is 11.9. The predicted octanol–water partition coefficient (Wildman–Crippen LogP) is 11.2. The topological polar surface area (TPSA) is 46.5 Å². The fourth-order valence-electron chi connectivity index (χ4n) is 5.23. The van der Waals surface area contributed by atoms with Gasteiger partial charge in [0.15, 0.2) is 0 Å². The van der Waals surface area contributed by atoms with E-state index in [1.165, 1.54) is 167 Å². The maximum Gasteiger partial charge on any atom is 0.305 e. The standard InChI is InChI=1S/C34H68O3/c1-2-3-4-5-6-7-8-9-10-11-15-18-21-24-27-30-33-37-34(36)31-28-25-22-19-16-13-12-14-17-20-23-26-29-32-35/h35H,2-33H2,1H3. The van der Waals surface area contributed by atoms with Gasteiger partial charge in [0.2, 0.25) is 0 Å². The SMILES string of the molecule is CCCCCCCCCCCCCCCCCCOC(=O)CCCCCCCCCCCCCCCO. The number of ether oxygens (including phenoxy) is 1. The molecule has 0 amide bonds. The van der Waals surface area contributed by atoms with Gasteiger partial charge in [-0.15, -0.1) is 0 Å². The number of carbonyl (C=O) groups excluding carboxylic acids is 1. The highest BCUT2D eigenvalue weighted by Crippen LogP contribution is 2.15. The van der Waals surface area contributed by atoms with Crippen LogP contribution in [0.2, 0.25) is 0 Å². The minimum atomic E-state index is 0.0138. The molecule has 3 nitrogen and oxygen atoms in total. The van der Waals surface area contributed by atoms with Crippen LogP contribution in [0.15, 0.2) is 0 Å². The Hall–Kier alpha value is -0.570. The lowest BCUT2D eigenvalue weighted by Crippen LogP contribution is -2.05. The first-order chi connectivity index (χ1) is 18.3. The van der Waals surface area contributed by atoms with Gasteiger partial charge in [-0.25, -0.2) is 0 Å². The second-order valence-corrected chi connectivity index (χ2v) is 11.6. The Morgan fingerprint density at radius 3 is 1.08 bits per heavy atom. The summed E-state index contributed by atoms with van der Waals surface area (Å²) in [5, 5.41) is 8.77. The van der Waals surface area contributed by atoms with E-state index in [9.17, 15) is 4.79 Å². The van der Waals surface area contributed by atoms with Crippen molar-refractivity contribution in [1.29, 1.82) is 0 Å². The first-order valence-corrected chi connectivity index (χ1v) is 17.1. The van der Waals surface area contributed by atoms with Gasteiger partial charge in [-0.05, 0) is 19.3 Å². The van der Waals surface area contributed by atoms with Crippen molar-refractivity contribution in [3.8, 4) is 0 Å². The van der Waals surface area contributed by atoms with E-state index in [1.54, 1.807) is 0 Å². The van der Waals surface area contributed by atoms with Crippen LogP contribution in [0.5, 0.6) is 0 Å². The molecule has 0 rings (SSSR count). The van der Waals surface area contributed by atoms with Crippen molar-refractivity contribution in [1.82, 2.24) is 0 Å². The third kappa shape index (κ3) is 33.4. The molecule has 0 aromatic rings. The molecule has 0 aliphatic carbocycles. The molecule has 0 radical (unpaired) electrons. The number of aliphatic hydroxyl groups excluding tert-OH is 1. The Labute approximate surface area is 233 Å². The first kappa shape index (κ1) is 36.4. The molecule has 0 fully saturated rings. The predicted molar refractivity (Wildman–Crippen MR) is 162 cm³/mol. The van der Waals surface area contributed by atoms with Crippen LogP contribution in [0.3, 0.4) is 0 Å². The van der Waals surface area contributed by atoms with Crippen molar-refractivity contribution in [2.45, 2.75) is 200 Å². The average molecular weight is 525 g/mol. The van der Waals surface area contributed by atoms with Crippen molar-refractivity contribution < 1.29 is 14.6 Å². The molecule has 37 heavy (non-hydrogen) atoms. The van der Waals surface area contributed by atoms with Gasteiger partial charge in [-0.3, -0.25) is 4.79 Å². The summed E-state index contributed by atoms with van der Waals surface area (Å²) in [5.74, 6) is 0.0138. The number of hydrogen-bond donors (Lipinski definition) is 1. The fourth-order valence-corrected chi connectivity index (χ4v) is 5.23. The number of carbonyl (C=O) groups is 1. The molecule has 0 saturated carbocycles. The monoisotopic (exact) mass is 525 g/mol. The van der Waals surface area contributed by atoms with Crippen molar-refractivity contribution in [2.75, 3.05) is 13.2 Å². The summed E-state index contributed by atoms with van der Waals surface area (Å²) >= 11 is 0. The van der Waals surface area contributed by atoms with Crippen LogP contribution in [-0.4, -0.2) is 24.3 Å². The third-order valence-corrected chi connectivity index (χ3v) is 7.80. The van der Waals surface area contributed by atoms with Crippen LogP contribution < -0.4 is 0 Å². The van der Waals surface area contributed by atoms with E-state index in [-0.39, 0.29) is 5.97 Å². The Bertz CT molecular complexity index is 423. The zero-order valence-electron chi connectivity index (χ0n) is 25.4. The summed E-state index contributed by atoms with van der Waals surface area (Å²) < 4.78 is 5.42. The van der Waals surface area contributed by atoms with Gasteiger partial charge < -0.3 is 9.84 Å². The highest BCUT2D eigenvalue weighted by Gasteiger charge is 2.03. The third-order valence-electron chi connectivity index (χ3n) is 7.80. The smallest absolute Gasteiger partial charge is 0.305 e. The van der Waals surface area contributed by atoms with Crippen molar-refractivity contribution in [3.05, 3.63) is 0 Å². The van der Waals surface area contributed by atoms with Crippen LogP contribution in [0.1, 0.15) is 200 Å². The summed E-state index contributed by atoms with van der Waals surface area (Å²) in [6.45, 7) is 3.26. The normalized spacial score (nSPS) is 11.3. The minimum Gasteiger partial charge on any atom is -0.466 e. The van der Waals surface area contributed by atoms with Crippen LogP contribution in [0.25, 0.3) is 0 Å². The second-order valence-electron chi connectivity index (χ2n) is 11.6. The Kier molecular flexibility index (Phi) is 32.9. The molecule has 0 bridgehead atoms. The molecule has 222 valence electrons. The van der Waals surface area contributed by atoms with Gasteiger partial charge in [-0.2, -0.15) is 0 Å². The zero-order valence-corrected chi connectivity index (χ0v) is 25.4. The maximum atomic E-state index is 11.9. The summed E-state index contributed by atoms with van der Waals surface area (Å²) in [4.78, 5) is 11.9. The number of esters is 1. The molecule has 0 spiro atoms. The van der Waals surface area contributed by atoms with E-state index in [0.29, 0.717) is 19.6 Å². The second kappa shape index (κ2) is 33.5. The molecule has 0 aliphatic heterocycles. The van der Waals surface area contributed by atoms with Gasteiger partial charge >= 0.3 is 5.97 Å². The summed E-state index contributed by atoms with van der Waals surface area (Å²) in [5.41, 5.74) is 0. The number of hydrogen-bond acceptors (Lipinski definition) is 3. The van der Waals surface area contributed by atoms with Gasteiger partial charge in [0.25, 0.3) is 0 Å². The number of unbranched alkanes of at least 4 members (excludes halogenated alkanes) is 27. The summed E-state index contributed by atoms with van der Waals surface area (Å²) in [6.07, 6.45) is 38.8. The highest BCUT2D eigenvalue weighted by atomic mass is 16.5. The van der Waals surface area contributed by atoms with E-state index >= 15 is 0 Å². The minimum absolute atomic E-state index is 0.0138. The zero-order chi connectivity index (χ0) is 26.9. The highest BCUT2D eigenvalue weighted by molar-refractivity contribution is 5.69. The lowest BCUT2D eigenvalue weighted by Gasteiger charge is -2.06. The van der Waals surface area contributed by atoms with Gasteiger partial charge in [0.1, 0.15) is 0 Å². The number of rotatable bonds is 32. The molecule has 1 N–H and O–H groups in total. The quantitative estimate of drug-likeness (QED) is 0.0703. The van der Waals surface area contributed by atoms with E-state index in [2.05, 4.69) is 6.92 Å². The molecular weight excluding hydrogens is 456 g/mol. The summed E-state index contributed by atoms with van der Waals surface area (Å²) in [6, 6.07) is 0. The number of aliphatic hydroxyl groups is 1. The molecule has 3 heteroatoms. The molecule has 0 atom stereocenters. The Morgan fingerprint density at radius 2 is 0.730 bits per heavy atom. The van der Waals surface area contributed by atoms with Crippen molar-refractivity contribution in [3.63, 3.8) is 0 Å². The Morgan fingerprint density at radius 1 is 0.432 bits per heavy atom. The lowest BCUT2D eigenvalue weighted by atomic mass is 10.0. The molecule has 0 aliphatic rings. The van der Waals surface area contributed by atoms with E-state index in [0.717, 1.165) is 19.3 Å². The van der Waals surface area contributed by atoms with E-state index < -0.39 is 0 Å². The van der Waals surface area contributed by atoms with E-state index in [1.807, 2.05) is 0 Å². The van der Waals surface area contributed by atoms with Crippen LogP contribution in [0.4, 0.5) is 0 Å². The largest absolute Gasteiger partial charge is 0.466 e. The van der Waals surface area contributed by atoms with Gasteiger partial charge in [0.05, 0.1) is 6.61 Å². The van der Waals surface area contributed by atoms with Crippen LogP contribution >= 0.6 is 0 Å². The molecule has 0 unspecified atom stereocenters. The lowest BCUT2D eigenvalue weighted by molar-refractivity contribution is -0.143. The molecule has 0 heterocycles. The van der Waals surface area contributed by atoms with Crippen molar-refractivity contribution >= 4 is 5.97 Å². The van der Waals surface area contributed by atoms with Gasteiger partial charge in [-0.1, -0.05) is 174 Å². The van der Waals surface area contributed by atoms with E-state index in [4.69, 9.17) is 9.84 Å². The summed E-state index contributed by atoms with van der Waals surface area (Å²) in [7, 11) is 0. The molecule has 0 saturated heterocycles. The van der Waals surface area contributed by atoms with Crippen molar-refractivity contribution in [2.24, 2.45) is 0 Å². The molecular formula is C34H68O3. The molecule has 0 aromatic heterocycles. The van der Waals surface area contributed by atoms with Crippen LogP contribution in [0, 0.1) is 0 Å². The first-order valence-electron chi connectivity index (χ1n) is 17.1. The average Bonchev–Trinajstić information content (AvgIpc) is 2.90. The molecule has 0 aromatic carbocycles. The fraction of sp³-hybridized carbons (Fsp3) is 0.971.